The Morgan fingerprint density at radius 1 is 1.38 bits per heavy atom. The fourth-order valence-electron chi connectivity index (χ4n) is 1.72. The van der Waals surface area contributed by atoms with E-state index in [1.54, 1.807) is 11.3 Å². The van der Waals surface area contributed by atoms with Crippen molar-refractivity contribution in [2.75, 3.05) is 6.54 Å². The molecular formula is C12H13ClN2S. The molecule has 0 amide bonds. The van der Waals surface area contributed by atoms with Gasteiger partial charge in [-0.2, -0.15) is 0 Å². The standard InChI is InChI=1S/C12H13ClN2S/c13-12-4-2-1-3-11(12)9(6-14)5-10-7-16-8-15-10/h1-4,7-9H,5-6,14H2. The highest BCUT2D eigenvalue weighted by Crippen LogP contribution is 2.26. The van der Waals surface area contributed by atoms with Crippen LogP contribution in [0.5, 0.6) is 0 Å². The van der Waals surface area contributed by atoms with Crippen molar-refractivity contribution in [3.05, 3.63) is 51.4 Å². The lowest BCUT2D eigenvalue weighted by Crippen LogP contribution is -2.15. The van der Waals surface area contributed by atoms with Gasteiger partial charge in [-0.1, -0.05) is 29.8 Å². The maximum atomic E-state index is 6.16. The zero-order valence-corrected chi connectivity index (χ0v) is 10.3. The van der Waals surface area contributed by atoms with Gasteiger partial charge in [0.05, 0.1) is 11.2 Å². The van der Waals surface area contributed by atoms with Crippen LogP contribution in [0.1, 0.15) is 17.2 Å². The van der Waals surface area contributed by atoms with Gasteiger partial charge in [0.25, 0.3) is 0 Å². The van der Waals surface area contributed by atoms with Gasteiger partial charge >= 0.3 is 0 Å². The molecule has 4 heteroatoms. The van der Waals surface area contributed by atoms with Crippen LogP contribution in [-0.4, -0.2) is 11.5 Å². The van der Waals surface area contributed by atoms with Crippen molar-refractivity contribution in [2.45, 2.75) is 12.3 Å². The molecule has 2 rings (SSSR count). The molecule has 2 nitrogen and oxygen atoms in total. The second kappa shape index (κ2) is 5.43. The zero-order chi connectivity index (χ0) is 11.4. The highest BCUT2D eigenvalue weighted by molar-refractivity contribution is 7.07. The van der Waals surface area contributed by atoms with E-state index >= 15 is 0 Å². The fraction of sp³-hybridized carbons (Fsp3) is 0.250. The molecule has 2 aromatic rings. The average molecular weight is 253 g/mol. The summed E-state index contributed by atoms with van der Waals surface area (Å²) < 4.78 is 0. The highest BCUT2D eigenvalue weighted by atomic mass is 35.5. The topological polar surface area (TPSA) is 38.9 Å². The van der Waals surface area contributed by atoms with Crippen LogP contribution in [0.2, 0.25) is 5.02 Å². The molecule has 0 bridgehead atoms. The summed E-state index contributed by atoms with van der Waals surface area (Å²) in [6.07, 6.45) is 0.851. The summed E-state index contributed by atoms with van der Waals surface area (Å²) in [6.45, 7) is 0.585. The van der Waals surface area contributed by atoms with E-state index in [-0.39, 0.29) is 5.92 Å². The third kappa shape index (κ3) is 2.61. The van der Waals surface area contributed by atoms with Crippen LogP contribution >= 0.6 is 22.9 Å². The largest absolute Gasteiger partial charge is 0.330 e. The number of thiazole rings is 1. The monoisotopic (exact) mass is 252 g/mol. The van der Waals surface area contributed by atoms with Gasteiger partial charge in [-0.3, -0.25) is 0 Å². The minimum atomic E-state index is 0.246. The Kier molecular flexibility index (Phi) is 3.93. The maximum Gasteiger partial charge on any atom is 0.0794 e. The van der Waals surface area contributed by atoms with E-state index in [9.17, 15) is 0 Å². The van der Waals surface area contributed by atoms with Crippen LogP contribution in [-0.2, 0) is 6.42 Å². The number of hydrogen-bond donors (Lipinski definition) is 1. The van der Waals surface area contributed by atoms with Gasteiger partial charge in [-0.25, -0.2) is 4.98 Å². The second-order valence-electron chi connectivity index (χ2n) is 3.64. The molecular weight excluding hydrogens is 240 g/mol. The Bertz CT molecular complexity index is 442. The molecule has 0 saturated carbocycles. The first kappa shape index (κ1) is 11.6. The lowest BCUT2D eigenvalue weighted by molar-refractivity contribution is 0.685. The number of aromatic nitrogens is 1. The van der Waals surface area contributed by atoms with Crippen LogP contribution in [0.4, 0.5) is 0 Å². The van der Waals surface area contributed by atoms with E-state index < -0.39 is 0 Å². The van der Waals surface area contributed by atoms with Crippen molar-refractivity contribution >= 4 is 22.9 Å². The third-order valence-corrected chi connectivity index (χ3v) is 3.55. The Morgan fingerprint density at radius 3 is 2.81 bits per heavy atom. The number of rotatable bonds is 4. The number of halogens is 1. The highest BCUT2D eigenvalue weighted by Gasteiger charge is 2.14. The Balaban J connectivity index is 2.20. The molecule has 1 aromatic carbocycles. The smallest absolute Gasteiger partial charge is 0.0794 e. The van der Waals surface area contributed by atoms with Crippen LogP contribution in [0, 0.1) is 0 Å². The predicted molar refractivity (Wildman–Crippen MR) is 69.1 cm³/mol. The van der Waals surface area contributed by atoms with Crippen molar-refractivity contribution in [1.82, 2.24) is 4.98 Å². The Labute approximate surface area is 104 Å². The molecule has 0 aliphatic carbocycles. The molecule has 1 heterocycles. The fourth-order valence-corrected chi connectivity index (χ4v) is 2.58. The number of hydrogen-bond acceptors (Lipinski definition) is 3. The molecule has 1 aromatic heterocycles. The summed E-state index contributed by atoms with van der Waals surface area (Å²) in [7, 11) is 0. The summed E-state index contributed by atoms with van der Waals surface area (Å²) in [5.74, 6) is 0.246. The van der Waals surface area contributed by atoms with Gasteiger partial charge in [0.15, 0.2) is 0 Å². The van der Waals surface area contributed by atoms with Crippen LogP contribution in [0.15, 0.2) is 35.2 Å². The maximum absolute atomic E-state index is 6.16. The molecule has 0 radical (unpaired) electrons. The Morgan fingerprint density at radius 2 is 2.19 bits per heavy atom. The summed E-state index contributed by atoms with van der Waals surface area (Å²) in [6, 6.07) is 7.86. The van der Waals surface area contributed by atoms with Crippen molar-refractivity contribution in [3.8, 4) is 0 Å². The van der Waals surface area contributed by atoms with E-state index in [2.05, 4.69) is 10.4 Å². The summed E-state index contributed by atoms with van der Waals surface area (Å²) in [5, 5.41) is 2.84. The normalized spacial score (nSPS) is 12.6. The van der Waals surface area contributed by atoms with E-state index in [1.807, 2.05) is 29.8 Å². The Hall–Kier alpha value is -0.900. The first-order valence-corrected chi connectivity index (χ1v) is 6.45. The molecule has 2 N–H and O–H groups in total. The zero-order valence-electron chi connectivity index (χ0n) is 8.77. The SMILES string of the molecule is NCC(Cc1cscn1)c1ccccc1Cl. The number of nitrogens with zero attached hydrogens (tertiary/aromatic N) is 1. The first-order valence-electron chi connectivity index (χ1n) is 5.13. The van der Waals surface area contributed by atoms with Gasteiger partial charge < -0.3 is 5.73 Å². The van der Waals surface area contributed by atoms with E-state index in [4.69, 9.17) is 17.3 Å². The van der Waals surface area contributed by atoms with Crippen LogP contribution < -0.4 is 5.73 Å². The minimum absolute atomic E-state index is 0.246. The third-order valence-electron chi connectivity index (χ3n) is 2.57. The van der Waals surface area contributed by atoms with Crippen molar-refractivity contribution in [2.24, 2.45) is 5.73 Å². The quantitative estimate of drug-likeness (QED) is 0.908. The molecule has 16 heavy (non-hydrogen) atoms. The number of nitrogens with two attached hydrogens (primary N) is 1. The van der Waals surface area contributed by atoms with Gasteiger partial charge in [0.2, 0.25) is 0 Å². The summed E-state index contributed by atoms with van der Waals surface area (Å²) in [4.78, 5) is 4.28. The molecule has 0 aliphatic rings. The van der Waals surface area contributed by atoms with Crippen molar-refractivity contribution < 1.29 is 0 Å². The van der Waals surface area contributed by atoms with Crippen LogP contribution in [0.25, 0.3) is 0 Å². The van der Waals surface area contributed by atoms with Gasteiger partial charge in [-0.15, -0.1) is 11.3 Å². The predicted octanol–water partition coefficient (Wildman–Crippen LogP) is 3.08. The second-order valence-corrected chi connectivity index (χ2v) is 4.76. The van der Waals surface area contributed by atoms with Gasteiger partial charge in [0, 0.05) is 16.3 Å². The van der Waals surface area contributed by atoms with Crippen LogP contribution in [0.3, 0.4) is 0 Å². The minimum Gasteiger partial charge on any atom is -0.330 e. The van der Waals surface area contributed by atoms with E-state index in [1.165, 1.54) is 0 Å². The lowest BCUT2D eigenvalue weighted by atomic mass is 9.94. The van der Waals surface area contributed by atoms with Gasteiger partial charge in [-0.05, 0) is 24.6 Å². The van der Waals surface area contributed by atoms with Gasteiger partial charge in [0.1, 0.15) is 0 Å². The van der Waals surface area contributed by atoms with Crippen molar-refractivity contribution in [3.63, 3.8) is 0 Å². The van der Waals surface area contributed by atoms with E-state index in [0.29, 0.717) is 6.54 Å². The van der Waals surface area contributed by atoms with Crippen molar-refractivity contribution in [1.29, 1.82) is 0 Å². The molecule has 0 spiro atoms. The molecule has 0 saturated heterocycles. The molecule has 0 fully saturated rings. The summed E-state index contributed by atoms with van der Waals surface area (Å²) >= 11 is 7.77. The number of benzene rings is 1. The van der Waals surface area contributed by atoms with E-state index in [0.717, 1.165) is 22.7 Å². The molecule has 0 aliphatic heterocycles. The lowest BCUT2D eigenvalue weighted by Gasteiger charge is -2.15. The summed E-state index contributed by atoms with van der Waals surface area (Å²) in [5.41, 5.74) is 9.84. The molecule has 1 atom stereocenters. The first-order chi connectivity index (χ1) is 7.81. The molecule has 84 valence electrons. The molecule has 1 unspecified atom stereocenters. The average Bonchev–Trinajstić information content (AvgIpc) is 2.80.